The molecule has 0 bridgehead atoms. The van der Waals surface area contributed by atoms with Gasteiger partial charge in [-0.1, -0.05) is 6.42 Å². The first-order valence-electron chi connectivity index (χ1n) is 8.49. The first-order valence-corrected chi connectivity index (χ1v) is 9.37. The van der Waals surface area contributed by atoms with E-state index in [0.29, 0.717) is 6.42 Å². The van der Waals surface area contributed by atoms with Gasteiger partial charge in [0.15, 0.2) is 0 Å². The molecule has 7 heteroatoms. The van der Waals surface area contributed by atoms with Gasteiger partial charge in [0.2, 0.25) is 0 Å². The summed E-state index contributed by atoms with van der Waals surface area (Å²) in [7, 11) is 0. The van der Waals surface area contributed by atoms with Crippen LogP contribution < -0.4 is 0 Å². The number of non-ortho nitro benzene ring substituents is 1. The van der Waals surface area contributed by atoms with Gasteiger partial charge in [-0.15, -0.1) is 11.3 Å². The molecule has 4 rings (SSSR count). The Morgan fingerprint density at radius 1 is 1.20 bits per heavy atom. The van der Waals surface area contributed by atoms with Gasteiger partial charge in [0.1, 0.15) is 10.6 Å². The summed E-state index contributed by atoms with van der Waals surface area (Å²) >= 11 is 1.54. The number of carbonyl (C=O) groups is 1. The Bertz CT molecular complexity index is 809. The van der Waals surface area contributed by atoms with Gasteiger partial charge in [-0.05, 0) is 37.8 Å². The lowest BCUT2D eigenvalue weighted by Gasteiger charge is -2.35. The van der Waals surface area contributed by atoms with Crippen molar-refractivity contribution in [3.8, 4) is 11.3 Å². The fraction of sp³-hybridized carbons (Fsp3) is 0.444. The zero-order valence-electron chi connectivity index (χ0n) is 13.6. The van der Waals surface area contributed by atoms with E-state index in [1.807, 2.05) is 5.38 Å². The average Bonchev–Trinajstić information content (AvgIpc) is 3.21. The van der Waals surface area contributed by atoms with Crippen LogP contribution in [0.5, 0.6) is 0 Å². The van der Waals surface area contributed by atoms with Crippen molar-refractivity contribution >= 4 is 23.0 Å². The van der Waals surface area contributed by atoms with Crippen LogP contribution in [0, 0.1) is 10.1 Å². The first-order chi connectivity index (χ1) is 12.1. The molecule has 2 aliphatic rings. The van der Waals surface area contributed by atoms with Gasteiger partial charge < -0.3 is 4.74 Å². The minimum Gasteiger partial charge on any atom is -0.458 e. The Morgan fingerprint density at radius 2 is 1.92 bits per heavy atom. The molecule has 6 nitrogen and oxygen atoms in total. The van der Waals surface area contributed by atoms with Gasteiger partial charge >= 0.3 is 5.97 Å². The number of aromatic nitrogens is 1. The Kier molecular flexibility index (Phi) is 4.03. The van der Waals surface area contributed by atoms with Gasteiger partial charge in [0.05, 0.1) is 23.0 Å². The fourth-order valence-corrected chi connectivity index (χ4v) is 4.97. The third kappa shape index (κ3) is 2.93. The van der Waals surface area contributed by atoms with Crippen LogP contribution in [-0.4, -0.2) is 21.5 Å². The van der Waals surface area contributed by atoms with Gasteiger partial charge in [-0.2, -0.15) is 0 Å². The number of carbonyl (C=O) groups excluding carboxylic acids is 1. The smallest absolute Gasteiger partial charge is 0.307 e. The molecule has 2 heterocycles. The van der Waals surface area contributed by atoms with E-state index < -0.39 is 4.92 Å². The van der Waals surface area contributed by atoms with E-state index >= 15 is 0 Å². The minimum absolute atomic E-state index is 0.0251. The summed E-state index contributed by atoms with van der Waals surface area (Å²) in [6, 6.07) is 6.39. The molecule has 1 aromatic carbocycles. The molecule has 2 fully saturated rings. The lowest BCUT2D eigenvalue weighted by atomic mass is 9.76. The average molecular weight is 358 g/mol. The van der Waals surface area contributed by atoms with Gasteiger partial charge in [0, 0.05) is 23.1 Å². The molecule has 1 aromatic heterocycles. The molecule has 130 valence electrons. The minimum atomic E-state index is -0.412. The number of ether oxygens (including phenoxy) is 1. The number of hydrogen-bond acceptors (Lipinski definition) is 6. The van der Waals surface area contributed by atoms with E-state index in [9.17, 15) is 14.9 Å². The van der Waals surface area contributed by atoms with Crippen LogP contribution in [0.3, 0.4) is 0 Å². The molecular formula is C18H18N2O4S. The maximum Gasteiger partial charge on any atom is 0.307 e. The monoisotopic (exact) mass is 358 g/mol. The lowest BCUT2D eigenvalue weighted by Crippen LogP contribution is -2.36. The van der Waals surface area contributed by atoms with Crippen molar-refractivity contribution in [3.05, 3.63) is 44.8 Å². The maximum absolute atomic E-state index is 12.0. The Hall–Kier alpha value is -2.28. The van der Waals surface area contributed by atoms with E-state index in [0.717, 1.165) is 41.9 Å². The SMILES string of the molecule is O=C1C[C@@H](c2nc(-c3ccc([N+](=O)[O-])cc3)cs2)C2(CCCCC2)O1. The second-order valence-electron chi connectivity index (χ2n) is 6.73. The highest BCUT2D eigenvalue weighted by Crippen LogP contribution is 2.50. The highest BCUT2D eigenvalue weighted by molar-refractivity contribution is 7.10. The quantitative estimate of drug-likeness (QED) is 0.460. The molecule has 0 unspecified atom stereocenters. The summed E-state index contributed by atoms with van der Waals surface area (Å²) in [6.07, 6.45) is 5.59. The Morgan fingerprint density at radius 3 is 2.60 bits per heavy atom. The van der Waals surface area contributed by atoms with Crippen molar-refractivity contribution in [2.24, 2.45) is 0 Å². The summed E-state index contributed by atoms with van der Waals surface area (Å²) in [4.78, 5) is 27.1. The Labute approximate surface area is 149 Å². The number of benzene rings is 1. The van der Waals surface area contributed by atoms with Crippen molar-refractivity contribution < 1.29 is 14.5 Å². The van der Waals surface area contributed by atoms with Crippen molar-refractivity contribution in [1.82, 2.24) is 4.98 Å². The van der Waals surface area contributed by atoms with Crippen LogP contribution in [0.1, 0.15) is 49.5 Å². The second-order valence-corrected chi connectivity index (χ2v) is 7.62. The molecule has 1 aliphatic heterocycles. The molecule has 1 atom stereocenters. The molecule has 0 radical (unpaired) electrons. The number of nitrogens with zero attached hydrogens (tertiary/aromatic N) is 2. The van der Waals surface area contributed by atoms with Crippen molar-refractivity contribution in [3.63, 3.8) is 0 Å². The van der Waals surface area contributed by atoms with E-state index in [4.69, 9.17) is 9.72 Å². The highest BCUT2D eigenvalue weighted by atomic mass is 32.1. The number of nitro groups is 1. The maximum atomic E-state index is 12.0. The molecule has 1 saturated carbocycles. The van der Waals surface area contributed by atoms with Crippen molar-refractivity contribution in [2.75, 3.05) is 0 Å². The van der Waals surface area contributed by atoms with E-state index in [1.54, 1.807) is 23.5 Å². The predicted octanol–water partition coefficient (Wildman–Crippen LogP) is 4.45. The molecule has 1 spiro atoms. The van der Waals surface area contributed by atoms with Crippen molar-refractivity contribution in [2.45, 2.75) is 50.0 Å². The number of nitro benzene ring substituents is 1. The first kappa shape index (κ1) is 16.2. The number of thiazole rings is 1. The third-order valence-corrected chi connectivity index (χ3v) is 6.18. The van der Waals surface area contributed by atoms with Crippen LogP contribution in [0.4, 0.5) is 5.69 Å². The molecule has 0 N–H and O–H groups in total. The van der Waals surface area contributed by atoms with Gasteiger partial charge in [-0.25, -0.2) is 4.98 Å². The molecular weight excluding hydrogens is 340 g/mol. The molecule has 25 heavy (non-hydrogen) atoms. The second kappa shape index (κ2) is 6.22. The van der Waals surface area contributed by atoms with Crippen LogP contribution in [0.25, 0.3) is 11.3 Å². The summed E-state index contributed by atoms with van der Waals surface area (Å²) < 4.78 is 5.77. The fourth-order valence-electron chi connectivity index (χ4n) is 3.94. The third-order valence-electron chi connectivity index (χ3n) is 5.22. The summed E-state index contributed by atoms with van der Waals surface area (Å²) in [5, 5.41) is 13.7. The zero-order chi connectivity index (χ0) is 17.4. The van der Waals surface area contributed by atoms with Crippen molar-refractivity contribution in [1.29, 1.82) is 0 Å². The topological polar surface area (TPSA) is 82.3 Å². The highest BCUT2D eigenvalue weighted by Gasteiger charge is 2.51. The van der Waals surface area contributed by atoms with Crippen LogP contribution in [0.2, 0.25) is 0 Å². The lowest BCUT2D eigenvalue weighted by molar-refractivity contribution is -0.384. The summed E-state index contributed by atoms with van der Waals surface area (Å²) in [5.74, 6) is -0.101. The van der Waals surface area contributed by atoms with Gasteiger partial charge in [0.25, 0.3) is 5.69 Å². The molecule has 2 aromatic rings. The molecule has 1 saturated heterocycles. The number of hydrogen-bond donors (Lipinski definition) is 0. The van der Waals surface area contributed by atoms with Crippen LogP contribution >= 0.6 is 11.3 Å². The zero-order valence-corrected chi connectivity index (χ0v) is 14.5. The van der Waals surface area contributed by atoms with E-state index in [1.165, 1.54) is 18.6 Å². The van der Waals surface area contributed by atoms with Crippen LogP contribution in [0.15, 0.2) is 29.6 Å². The number of esters is 1. The summed E-state index contributed by atoms with van der Waals surface area (Å²) in [5.41, 5.74) is 1.33. The summed E-state index contributed by atoms with van der Waals surface area (Å²) in [6.45, 7) is 0. The van der Waals surface area contributed by atoms with E-state index in [-0.39, 0.29) is 23.2 Å². The van der Waals surface area contributed by atoms with E-state index in [2.05, 4.69) is 0 Å². The molecule has 0 amide bonds. The standard InChI is InChI=1S/C18H18N2O4S/c21-16-10-14(18(24-16)8-2-1-3-9-18)17-19-15(11-25-17)12-4-6-13(7-5-12)20(22)23/h4-7,11,14H,1-3,8-10H2/t14-/m0/s1. The van der Waals surface area contributed by atoms with Crippen LogP contribution in [-0.2, 0) is 9.53 Å². The largest absolute Gasteiger partial charge is 0.458 e. The Balaban J connectivity index is 1.62. The molecule has 1 aliphatic carbocycles. The van der Waals surface area contributed by atoms with Gasteiger partial charge in [-0.3, -0.25) is 14.9 Å². The normalized spacial score (nSPS) is 22.1. The number of rotatable bonds is 3. The predicted molar refractivity (Wildman–Crippen MR) is 93.5 cm³/mol.